The van der Waals surface area contributed by atoms with E-state index in [0.29, 0.717) is 18.8 Å². The molecule has 0 aromatic heterocycles. The number of hydrogen-bond acceptors (Lipinski definition) is 3. The normalized spacial score (nSPS) is 21.4. The van der Waals surface area contributed by atoms with E-state index in [2.05, 4.69) is 10.6 Å². The highest BCUT2D eigenvalue weighted by Gasteiger charge is 2.16. The summed E-state index contributed by atoms with van der Waals surface area (Å²) in [4.78, 5) is 22.5. The zero-order chi connectivity index (χ0) is 15.0. The molecule has 1 aliphatic rings. The molecule has 3 unspecified atom stereocenters. The molecule has 1 rings (SSSR count). The van der Waals surface area contributed by atoms with E-state index in [-0.39, 0.29) is 17.9 Å². The first kappa shape index (κ1) is 17.0. The van der Waals surface area contributed by atoms with Crippen LogP contribution in [-0.4, -0.2) is 36.1 Å². The fourth-order valence-corrected chi connectivity index (χ4v) is 2.57. The van der Waals surface area contributed by atoms with Crippen molar-refractivity contribution in [2.75, 3.05) is 13.1 Å². The Morgan fingerprint density at radius 1 is 1.35 bits per heavy atom. The number of rotatable bonds is 9. The van der Waals surface area contributed by atoms with E-state index in [9.17, 15) is 9.59 Å². The van der Waals surface area contributed by atoms with E-state index in [1.165, 1.54) is 6.42 Å². The number of hydrogen-bond donors (Lipinski definition) is 3. The van der Waals surface area contributed by atoms with E-state index >= 15 is 0 Å². The lowest BCUT2D eigenvalue weighted by Gasteiger charge is -2.15. The lowest BCUT2D eigenvalue weighted by Crippen LogP contribution is -2.32. The Labute approximate surface area is 121 Å². The maximum absolute atomic E-state index is 11.8. The molecule has 20 heavy (non-hydrogen) atoms. The first-order valence-electron chi connectivity index (χ1n) is 7.72. The molecule has 1 fully saturated rings. The molecule has 1 amide bonds. The predicted molar refractivity (Wildman–Crippen MR) is 78.5 cm³/mol. The van der Waals surface area contributed by atoms with Crippen LogP contribution in [-0.2, 0) is 9.59 Å². The van der Waals surface area contributed by atoms with Crippen LogP contribution < -0.4 is 10.6 Å². The summed E-state index contributed by atoms with van der Waals surface area (Å²) in [5, 5.41) is 15.1. The van der Waals surface area contributed by atoms with Gasteiger partial charge in [0.2, 0.25) is 5.91 Å². The zero-order valence-corrected chi connectivity index (χ0v) is 12.7. The molecule has 1 heterocycles. The average molecular weight is 284 g/mol. The quantitative estimate of drug-likeness (QED) is 0.603. The number of aliphatic carboxylic acids is 1. The molecular weight excluding hydrogens is 256 g/mol. The summed E-state index contributed by atoms with van der Waals surface area (Å²) in [6.07, 6.45) is 5.08. The molecule has 0 radical (unpaired) electrons. The number of carbonyl (C=O) groups excluding carboxylic acids is 1. The molecule has 1 saturated heterocycles. The van der Waals surface area contributed by atoms with Crippen LogP contribution in [0.3, 0.4) is 0 Å². The summed E-state index contributed by atoms with van der Waals surface area (Å²) < 4.78 is 0. The Morgan fingerprint density at radius 3 is 2.70 bits per heavy atom. The Hall–Kier alpha value is -1.10. The molecule has 1 aliphatic heterocycles. The number of nitrogens with one attached hydrogen (secondary N) is 2. The van der Waals surface area contributed by atoms with Crippen LogP contribution in [0, 0.1) is 11.8 Å². The fraction of sp³-hybridized carbons (Fsp3) is 0.867. The van der Waals surface area contributed by atoms with Gasteiger partial charge in [0.1, 0.15) is 0 Å². The van der Waals surface area contributed by atoms with Crippen molar-refractivity contribution in [1.29, 1.82) is 0 Å². The first-order valence-corrected chi connectivity index (χ1v) is 7.72. The third-order valence-corrected chi connectivity index (χ3v) is 4.05. The van der Waals surface area contributed by atoms with Crippen molar-refractivity contribution < 1.29 is 14.7 Å². The minimum atomic E-state index is -0.744. The molecule has 0 aliphatic carbocycles. The SMILES string of the molecule is CC(CCCC(C)C(=O)O)NC(=O)CCC1CCNC1. The number of carbonyl (C=O) groups is 2. The monoisotopic (exact) mass is 284 g/mol. The van der Waals surface area contributed by atoms with E-state index in [0.717, 1.165) is 32.4 Å². The Bertz CT molecular complexity index is 314. The van der Waals surface area contributed by atoms with E-state index in [4.69, 9.17) is 5.11 Å². The van der Waals surface area contributed by atoms with Gasteiger partial charge in [-0.05, 0) is 51.6 Å². The highest BCUT2D eigenvalue weighted by Crippen LogP contribution is 2.14. The van der Waals surface area contributed by atoms with Gasteiger partial charge in [0.15, 0.2) is 0 Å². The number of amides is 1. The van der Waals surface area contributed by atoms with Gasteiger partial charge in [-0.2, -0.15) is 0 Å². The van der Waals surface area contributed by atoms with E-state index in [1.54, 1.807) is 6.92 Å². The summed E-state index contributed by atoms with van der Waals surface area (Å²) in [5.41, 5.74) is 0. The molecule has 0 aromatic carbocycles. The Morgan fingerprint density at radius 2 is 2.10 bits per heavy atom. The Balaban J connectivity index is 2.06. The largest absolute Gasteiger partial charge is 0.481 e. The van der Waals surface area contributed by atoms with Crippen LogP contribution in [0.4, 0.5) is 0 Å². The summed E-state index contributed by atoms with van der Waals surface area (Å²) in [7, 11) is 0. The molecule has 5 nitrogen and oxygen atoms in total. The van der Waals surface area contributed by atoms with Gasteiger partial charge in [-0.1, -0.05) is 13.3 Å². The van der Waals surface area contributed by atoms with Gasteiger partial charge in [0.05, 0.1) is 5.92 Å². The maximum atomic E-state index is 11.8. The van der Waals surface area contributed by atoms with Crippen LogP contribution in [0.15, 0.2) is 0 Å². The summed E-state index contributed by atoms with van der Waals surface area (Å²) in [6.45, 7) is 5.82. The van der Waals surface area contributed by atoms with Gasteiger partial charge in [0, 0.05) is 12.5 Å². The minimum Gasteiger partial charge on any atom is -0.481 e. The van der Waals surface area contributed by atoms with E-state index < -0.39 is 5.97 Å². The second-order valence-electron chi connectivity index (χ2n) is 6.04. The van der Waals surface area contributed by atoms with Gasteiger partial charge >= 0.3 is 5.97 Å². The lowest BCUT2D eigenvalue weighted by atomic mass is 10.0. The van der Waals surface area contributed by atoms with Crippen LogP contribution in [0.5, 0.6) is 0 Å². The second-order valence-corrected chi connectivity index (χ2v) is 6.04. The zero-order valence-electron chi connectivity index (χ0n) is 12.7. The van der Waals surface area contributed by atoms with Gasteiger partial charge < -0.3 is 15.7 Å². The first-order chi connectivity index (χ1) is 9.49. The highest BCUT2D eigenvalue weighted by molar-refractivity contribution is 5.76. The van der Waals surface area contributed by atoms with Crippen molar-refractivity contribution in [2.45, 2.75) is 58.4 Å². The molecule has 0 aromatic rings. The molecule has 3 N–H and O–H groups in total. The molecule has 0 bridgehead atoms. The summed E-state index contributed by atoms with van der Waals surface area (Å²) >= 11 is 0. The minimum absolute atomic E-state index is 0.121. The maximum Gasteiger partial charge on any atom is 0.306 e. The van der Waals surface area contributed by atoms with Gasteiger partial charge in [0.25, 0.3) is 0 Å². The predicted octanol–water partition coefficient (Wildman–Crippen LogP) is 1.77. The summed E-state index contributed by atoms with van der Waals surface area (Å²) in [5.74, 6) is -0.275. The van der Waals surface area contributed by atoms with Crippen LogP contribution in [0.25, 0.3) is 0 Å². The van der Waals surface area contributed by atoms with Gasteiger partial charge in [-0.15, -0.1) is 0 Å². The summed E-state index contributed by atoms with van der Waals surface area (Å²) in [6, 6.07) is 0.130. The van der Waals surface area contributed by atoms with E-state index in [1.807, 2.05) is 6.92 Å². The molecule has 5 heteroatoms. The fourth-order valence-electron chi connectivity index (χ4n) is 2.57. The number of carboxylic acids is 1. The van der Waals surface area contributed by atoms with Crippen LogP contribution >= 0.6 is 0 Å². The molecule has 3 atom stereocenters. The van der Waals surface area contributed by atoms with Gasteiger partial charge in [-0.3, -0.25) is 9.59 Å². The van der Waals surface area contributed by atoms with Crippen molar-refractivity contribution >= 4 is 11.9 Å². The molecule has 0 saturated carbocycles. The lowest BCUT2D eigenvalue weighted by molar-refractivity contribution is -0.141. The number of carboxylic acid groups (broad SMARTS) is 1. The van der Waals surface area contributed by atoms with Crippen LogP contribution in [0.2, 0.25) is 0 Å². The third kappa shape index (κ3) is 6.89. The van der Waals surface area contributed by atoms with Crippen molar-refractivity contribution in [3.63, 3.8) is 0 Å². The highest BCUT2D eigenvalue weighted by atomic mass is 16.4. The van der Waals surface area contributed by atoms with Crippen LogP contribution in [0.1, 0.15) is 52.4 Å². The smallest absolute Gasteiger partial charge is 0.306 e. The van der Waals surface area contributed by atoms with Gasteiger partial charge in [-0.25, -0.2) is 0 Å². The van der Waals surface area contributed by atoms with Crippen molar-refractivity contribution in [3.05, 3.63) is 0 Å². The topological polar surface area (TPSA) is 78.4 Å². The average Bonchev–Trinajstić information content (AvgIpc) is 2.89. The van der Waals surface area contributed by atoms with Crippen molar-refractivity contribution in [1.82, 2.24) is 10.6 Å². The Kier molecular flexibility index (Phi) is 7.59. The second kappa shape index (κ2) is 8.95. The molecular formula is C15H28N2O3. The molecule has 0 spiro atoms. The third-order valence-electron chi connectivity index (χ3n) is 4.05. The van der Waals surface area contributed by atoms with Crippen molar-refractivity contribution in [3.8, 4) is 0 Å². The van der Waals surface area contributed by atoms with Crippen molar-refractivity contribution in [2.24, 2.45) is 11.8 Å². The molecule has 116 valence electrons. The standard InChI is InChI=1S/C15H28N2O3/c1-11(15(19)20)4-3-5-12(2)17-14(18)7-6-13-8-9-16-10-13/h11-13,16H,3-10H2,1-2H3,(H,17,18)(H,19,20).